The van der Waals surface area contributed by atoms with E-state index < -0.39 is 47.0 Å². The van der Waals surface area contributed by atoms with E-state index >= 15 is 0 Å². The van der Waals surface area contributed by atoms with Crippen LogP contribution in [0.15, 0.2) is 58.1 Å². The van der Waals surface area contributed by atoms with Crippen molar-refractivity contribution in [3.05, 3.63) is 92.0 Å². The number of halogens is 4. The van der Waals surface area contributed by atoms with Gasteiger partial charge in [-0.05, 0) is 43.2 Å². The van der Waals surface area contributed by atoms with E-state index in [0.29, 0.717) is 15.7 Å². The van der Waals surface area contributed by atoms with Crippen LogP contribution in [-0.2, 0) is 12.7 Å². The van der Waals surface area contributed by atoms with Crippen LogP contribution in [0.4, 0.5) is 17.6 Å². The van der Waals surface area contributed by atoms with E-state index in [4.69, 9.17) is 0 Å². The molecule has 11 heteroatoms. The van der Waals surface area contributed by atoms with E-state index in [1.807, 2.05) is 6.92 Å². The van der Waals surface area contributed by atoms with Crippen molar-refractivity contribution < 1.29 is 22.4 Å². The van der Waals surface area contributed by atoms with Gasteiger partial charge in [0.1, 0.15) is 11.5 Å². The van der Waals surface area contributed by atoms with Gasteiger partial charge in [-0.2, -0.15) is 23.0 Å². The van der Waals surface area contributed by atoms with Crippen LogP contribution < -0.4 is 16.6 Å². The van der Waals surface area contributed by atoms with E-state index in [9.17, 15) is 31.9 Å². The molecule has 0 aliphatic carbocycles. The summed E-state index contributed by atoms with van der Waals surface area (Å²) in [6.45, 7) is 3.06. The highest BCUT2D eigenvalue weighted by Gasteiger charge is 2.30. The van der Waals surface area contributed by atoms with Gasteiger partial charge in [-0.3, -0.25) is 14.2 Å². The van der Waals surface area contributed by atoms with Gasteiger partial charge in [-0.1, -0.05) is 31.2 Å². The van der Waals surface area contributed by atoms with Gasteiger partial charge in [0, 0.05) is 6.04 Å². The Hall–Kier alpha value is -3.76. The molecule has 0 radical (unpaired) electrons. The molecule has 1 atom stereocenters. The van der Waals surface area contributed by atoms with Crippen molar-refractivity contribution in [3.8, 4) is 5.69 Å². The van der Waals surface area contributed by atoms with E-state index in [2.05, 4.69) is 10.4 Å². The summed E-state index contributed by atoms with van der Waals surface area (Å²) in [6, 6.07) is 8.69. The van der Waals surface area contributed by atoms with Crippen molar-refractivity contribution in [1.29, 1.82) is 0 Å². The second kappa shape index (κ2) is 9.39. The first-order chi connectivity index (χ1) is 15.5. The molecule has 1 aromatic heterocycles. The number of alkyl halides is 3. The minimum absolute atomic E-state index is 0.196. The van der Waals surface area contributed by atoms with E-state index in [0.717, 1.165) is 30.3 Å². The van der Waals surface area contributed by atoms with Crippen molar-refractivity contribution in [2.75, 3.05) is 0 Å². The Kier molecular flexibility index (Phi) is 6.80. The number of benzene rings is 2. The summed E-state index contributed by atoms with van der Waals surface area (Å²) in [5, 5.41) is 6.37. The maximum Gasteiger partial charge on any atom is 0.416 e. The molecule has 0 aliphatic heterocycles. The monoisotopic (exact) mass is 464 g/mol. The van der Waals surface area contributed by atoms with E-state index in [1.54, 1.807) is 6.92 Å². The summed E-state index contributed by atoms with van der Waals surface area (Å²) >= 11 is 0. The minimum atomic E-state index is -4.55. The topological polar surface area (TPSA) is 86.0 Å². The number of aromatic nitrogens is 3. The van der Waals surface area contributed by atoms with Crippen LogP contribution >= 0.6 is 0 Å². The molecule has 3 aromatic rings. The Morgan fingerprint density at radius 1 is 1.09 bits per heavy atom. The molecule has 0 bridgehead atoms. The molecule has 0 spiro atoms. The number of carbonyl (C=O) groups excluding carboxylic acids is 1. The smallest absolute Gasteiger partial charge is 0.348 e. The zero-order valence-corrected chi connectivity index (χ0v) is 17.7. The van der Waals surface area contributed by atoms with Crippen LogP contribution in [0.2, 0.25) is 0 Å². The number of carbonyl (C=O) groups is 1. The molecule has 2 aromatic carbocycles. The zero-order chi connectivity index (χ0) is 24.3. The van der Waals surface area contributed by atoms with Gasteiger partial charge < -0.3 is 5.32 Å². The quantitative estimate of drug-likeness (QED) is 0.568. The third-order valence-corrected chi connectivity index (χ3v) is 4.97. The molecule has 0 saturated heterocycles. The third-order valence-electron chi connectivity index (χ3n) is 4.97. The van der Waals surface area contributed by atoms with Gasteiger partial charge in [0.15, 0.2) is 0 Å². The lowest BCUT2D eigenvalue weighted by molar-refractivity contribution is -0.137. The maximum absolute atomic E-state index is 14.4. The minimum Gasteiger partial charge on any atom is -0.348 e. The Morgan fingerprint density at radius 2 is 1.73 bits per heavy atom. The summed E-state index contributed by atoms with van der Waals surface area (Å²) < 4.78 is 54.1. The summed E-state index contributed by atoms with van der Waals surface area (Å²) in [5.41, 5.74) is -3.74. The van der Waals surface area contributed by atoms with Crippen molar-refractivity contribution in [1.82, 2.24) is 19.7 Å². The Labute approximate surface area is 185 Å². The standard InChI is InChI=1S/C22H20F4N4O3/c1-3-13(2)27-19(31)18-20(32)29(12-14-8-10-15(11-9-14)22(24,25)26)21(33)30(28-18)17-7-5-4-6-16(17)23/h4-11,13H,3,12H2,1-2H3,(H,27,31). The molecule has 3 rings (SSSR count). The number of nitrogens with zero attached hydrogens (tertiary/aromatic N) is 3. The molecule has 1 heterocycles. The third kappa shape index (κ3) is 5.18. The lowest BCUT2D eigenvalue weighted by Gasteiger charge is -2.15. The molecular formula is C22H20F4N4O3. The average molecular weight is 464 g/mol. The Bertz CT molecular complexity index is 1280. The molecule has 0 fully saturated rings. The molecule has 7 nitrogen and oxygen atoms in total. The molecule has 1 amide bonds. The zero-order valence-electron chi connectivity index (χ0n) is 17.7. The number of hydrogen-bond donors (Lipinski definition) is 1. The molecule has 1 unspecified atom stereocenters. The fraction of sp³-hybridized carbons (Fsp3) is 0.273. The van der Waals surface area contributed by atoms with Crippen LogP contribution in [0, 0.1) is 5.82 Å². The molecule has 0 aliphatic rings. The lowest BCUT2D eigenvalue weighted by atomic mass is 10.1. The highest BCUT2D eigenvalue weighted by atomic mass is 19.4. The Morgan fingerprint density at radius 3 is 2.30 bits per heavy atom. The predicted octanol–water partition coefficient (Wildman–Crippen LogP) is 3.13. The summed E-state index contributed by atoms with van der Waals surface area (Å²) in [6.07, 6.45) is -4.00. The van der Waals surface area contributed by atoms with Crippen molar-refractivity contribution in [2.45, 2.75) is 39.0 Å². The molecule has 33 heavy (non-hydrogen) atoms. The summed E-state index contributed by atoms with van der Waals surface area (Å²) in [4.78, 5) is 38.6. The van der Waals surface area contributed by atoms with Gasteiger partial charge in [0.05, 0.1) is 12.1 Å². The molecule has 174 valence electrons. The number of nitrogens with one attached hydrogen (secondary N) is 1. The van der Waals surface area contributed by atoms with Crippen LogP contribution in [0.1, 0.15) is 41.9 Å². The van der Waals surface area contributed by atoms with Gasteiger partial charge in [-0.15, -0.1) is 0 Å². The Balaban J connectivity index is 2.16. The fourth-order valence-electron chi connectivity index (χ4n) is 2.95. The summed E-state index contributed by atoms with van der Waals surface area (Å²) in [7, 11) is 0. The molecule has 0 saturated carbocycles. The molecular weight excluding hydrogens is 444 g/mol. The van der Waals surface area contributed by atoms with Crippen LogP contribution in [0.5, 0.6) is 0 Å². The lowest BCUT2D eigenvalue weighted by Crippen LogP contribution is -2.47. The van der Waals surface area contributed by atoms with Gasteiger partial charge >= 0.3 is 11.9 Å². The first-order valence-electron chi connectivity index (χ1n) is 9.99. The second-order valence-electron chi connectivity index (χ2n) is 7.36. The molecule has 1 N–H and O–H groups in total. The number of para-hydroxylation sites is 1. The van der Waals surface area contributed by atoms with Crippen LogP contribution in [0.3, 0.4) is 0 Å². The van der Waals surface area contributed by atoms with Crippen LogP contribution in [0.25, 0.3) is 5.69 Å². The second-order valence-corrected chi connectivity index (χ2v) is 7.36. The largest absolute Gasteiger partial charge is 0.416 e. The number of hydrogen-bond acceptors (Lipinski definition) is 4. The average Bonchev–Trinajstić information content (AvgIpc) is 2.77. The highest BCUT2D eigenvalue weighted by molar-refractivity contribution is 5.91. The number of rotatable bonds is 6. The van der Waals surface area contributed by atoms with Crippen molar-refractivity contribution in [2.24, 2.45) is 0 Å². The number of amides is 1. The van der Waals surface area contributed by atoms with Gasteiger partial charge in [0.2, 0.25) is 5.69 Å². The SMILES string of the molecule is CCC(C)NC(=O)c1nn(-c2ccccc2F)c(=O)n(Cc2ccc(C(F)(F)F)cc2)c1=O. The van der Waals surface area contributed by atoms with Gasteiger partial charge in [-0.25, -0.2) is 9.18 Å². The van der Waals surface area contributed by atoms with Crippen LogP contribution in [-0.4, -0.2) is 26.3 Å². The first kappa shape index (κ1) is 23.9. The summed E-state index contributed by atoms with van der Waals surface area (Å²) in [5.74, 6) is -1.68. The van der Waals surface area contributed by atoms with E-state index in [1.165, 1.54) is 18.2 Å². The van der Waals surface area contributed by atoms with Gasteiger partial charge in [0.25, 0.3) is 11.5 Å². The fourth-order valence-corrected chi connectivity index (χ4v) is 2.95. The predicted molar refractivity (Wildman–Crippen MR) is 112 cm³/mol. The van der Waals surface area contributed by atoms with Crippen molar-refractivity contribution >= 4 is 5.91 Å². The van der Waals surface area contributed by atoms with Crippen molar-refractivity contribution in [3.63, 3.8) is 0 Å². The van der Waals surface area contributed by atoms with E-state index in [-0.39, 0.29) is 17.3 Å². The normalized spacial score (nSPS) is 12.4. The first-order valence-corrected chi connectivity index (χ1v) is 9.99. The highest BCUT2D eigenvalue weighted by Crippen LogP contribution is 2.29. The maximum atomic E-state index is 14.4.